The number of fused-ring (bicyclic) bond motifs is 1. The first-order chi connectivity index (χ1) is 11.1. The zero-order valence-electron chi connectivity index (χ0n) is 13.0. The highest BCUT2D eigenvalue weighted by Crippen LogP contribution is 2.19. The monoisotopic (exact) mass is 308 g/mol. The topological polar surface area (TPSA) is 65.1 Å². The lowest BCUT2D eigenvalue weighted by atomic mass is 10.0. The smallest absolute Gasteiger partial charge is 0.253 e. The molecule has 4 nitrogen and oxygen atoms in total. The van der Waals surface area contributed by atoms with Gasteiger partial charge in [-0.1, -0.05) is 42.5 Å². The second kappa shape index (κ2) is 6.67. The molecule has 0 spiro atoms. The molecule has 0 saturated heterocycles. The zero-order chi connectivity index (χ0) is 16.2. The van der Waals surface area contributed by atoms with E-state index in [1.54, 1.807) is 6.07 Å². The molecule has 23 heavy (non-hydrogen) atoms. The van der Waals surface area contributed by atoms with Crippen LogP contribution in [0.3, 0.4) is 0 Å². The number of hydrogen-bond donors (Lipinski definition) is 3. The van der Waals surface area contributed by atoms with E-state index < -0.39 is 6.10 Å². The molecule has 1 amide bonds. The molecule has 4 heteroatoms. The lowest BCUT2D eigenvalue weighted by Gasteiger charge is -2.18. The van der Waals surface area contributed by atoms with Gasteiger partial charge < -0.3 is 15.4 Å². The van der Waals surface area contributed by atoms with Crippen molar-refractivity contribution in [3.63, 3.8) is 0 Å². The Morgan fingerprint density at radius 2 is 1.91 bits per heavy atom. The summed E-state index contributed by atoms with van der Waals surface area (Å²) in [5.41, 5.74) is 2.31. The molecule has 0 fully saturated rings. The number of carbonyl (C=O) groups is 1. The highest BCUT2D eigenvalue weighted by Gasteiger charge is 2.16. The number of amides is 1. The molecule has 1 aromatic heterocycles. The van der Waals surface area contributed by atoms with E-state index >= 15 is 0 Å². The van der Waals surface area contributed by atoms with Crippen LogP contribution in [0.15, 0.2) is 60.8 Å². The first-order valence-electron chi connectivity index (χ1n) is 7.75. The molecule has 118 valence electrons. The zero-order valence-corrected chi connectivity index (χ0v) is 13.0. The molecule has 0 saturated carbocycles. The van der Waals surface area contributed by atoms with Crippen LogP contribution >= 0.6 is 0 Å². The highest BCUT2D eigenvalue weighted by atomic mass is 16.3. The number of carbonyl (C=O) groups excluding carboxylic acids is 1. The number of aliphatic hydroxyl groups is 1. The summed E-state index contributed by atoms with van der Waals surface area (Å²) in [6.07, 6.45) is 1.70. The second-order valence-electron chi connectivity index (χ2n) is 5.78. The van der Waals surface area contributed by atoms with Crippen LogP contribution in [0.4, 0.5) is 0 Å². The number of rotatable bonds is 5. The maximum atomic E-state index is 12.5. The maximum absolute atomic E-state index is 12.5. The first kappa shape index (κ1) is 15.3. The van der Waals surface area contributed by atoms with Gasteiger partial charge in [-0.3, -0.25) is 4.79 Å². The Labute approximate surface area is 135 Å². The van der Waals surface area contributed by atoms with Gasteiger partial charge in [0.2, 0.25) is 0 Å². The maximum Gasteiger partial charge on any atom is 0.253 e. The molecule has 2 aromatic carbocycles. The van der Waals surface area contributed by atoms with Gasteiger partial charge in [-0.05, 0) is 31.0 Å². The van der Waals surface area contributed by atoms with Crippen molar-refractivity contribution in [1.29, 1.82) is 0 Å². The van der Waals surface area contributed by atoms with Crippen molar-refractivity contribution in [2.24, 2.45) is 0 Å². The minimum atomic E-state index is -0.590. The number of aromatic amines is 1. The fraction of sp³-hybridized carbons (Fsp3) is 0.211. The van der Waals surface area contributed by atoms with Crippen molar-refractivity contribution in [1.82, 2.24) is 10.3 Å². The van der Waals surface area contributed by atoms with Crippen LogP contribution in [0, 0.1) is 0 Å². The number of benzene rings is 2. The van der Waals surface area contributed by atoms with Gasteiger partial charge in [0.05, 0.1) is 17.2 Å². The summed E-state index contributed by atoms with van der Waals surface area (Å²) in [6, 6.07) is 16.9. The molecule has 1 heterocycles. The Hall–Kier alpha value is -2.59. The summed E-state index contributed by atoms with van der Waals surface area (Å²) in [5, 5.41) is 14.2. The summed E-state index contributed by atoms with van der Waals surface area (Å²) < 4.78 is 0. The van der Waals surface area contributed by atoms with E-state index in [1.807, 2.05) is 61.7 Å². The Balaban J connectivity index is 1.67. The Bertz CT molecular complexity index is 795. The molecule has 3 rings (SSSR count). The quantitative estimate of drug-likeness (QED) is 0.676. The van der Waals surface area contributed by atoms with Gasteiger partial charge in [0.25, 0.3) is 5.91 Å². The number of aliphatic hydroxyl groups excluding tert-OH is 1. The highest BCUT2D eigenvalue weighted by molar-refractivity contribution is 6.05. The standard InChI is InChI=1S/C19H20N2O2/c1-13(12-17(22)14-6-3-2-4-7-14)21-19(23)16-9-5-8-15-10-11-20-18(15)16/h2-11,13,17,20,22H,12H2,1H3,(H,21,23)/t13-,17-/m1/s1. The molecule has 0 radical (unpaired) electrons. The molecule has 3 N–H and O–H groups in total. The van der Waals surface area contributed by atoms with Crippen molar-refractivity contribution in [2.75, 3.05) is 0 Å². The van der Waals surface area contributed by atoms with E-state index in [1.165, 1.54) is 0 Å². The average molecular weight is 308 g/mol. The molecule has 0 aliphatic carbocycles. The fourth-order valence-corrected chi connectivity index (χ4v) is 2.78. The average Bonchev–Trinajstić information content (AvgIpc) is 3.03. The molecular weight excluding hydrogens is 288 g/mol. The minimum absolute atomic E-state index is 0.134. The van der Waals surface area contributed by atoms with E-state index in [4.69, 9.17) is 0 Å². The molecule has 0 aliphatic rings. The Morgan fingerprint density at radius 3 is 2.70 bits per heavy atom. The van der Waals surface area contributed by atoms with Crippen molar-refractivity contribution < 1.29 is 9.90 Å². The number of para-hydroxylation sites is 1. The Morgan fingerprint density at radius 1 is 1.13 bits per heavy atom. The molecule has 0 unspecified atom stereocenters. The van der Waals surface area contributed by atoms with Crippen LogP contribution in [-0.2, 0) is 0 Å². The van der Waals surface area contributed by atoms with Crippen LogP contribution in [0.5, 0.6) is 0 Å². The van der Waals surface area contributed by atoms with E-state index in [-0.39, 0.29) is 11.9 Å². The fourth-order valence-electron chi connectivity index (χ4n) is 2.78. The van der Waals surface area contributed by atoms with Gasteiger partial charge in [-0.25, -0.2) is 0 Å². The lowest BCUT2D eigenvalue weighted by molar-refractivity contribution is 0.0918. The predicted octanol–water partition coefficient (Wildman–Crippen LogP) is 3.41. The molecular formula is C19H20N2O2. The first-order valence-corrected chi connectivity index (χ1v) is 7.75. The largest absolute Gasteiger partial charge is 0.388 e. The third-order valence-electron chi connectivity index (χ3n) is 3.97. The van der Waals surface area contributed by atoms with Crippen LogP contribution in [0.2, 0.25) is 0 Å². The number of H-pyrrole nitrogens is 1. The van der Waals surface area contributed by atoms with E-state index in [0.29, 0.717) is 12.0 Å². The van der Waals surface area contributed by atoms with E-state index in [0.717, 1.165) is 16.5 Å². The normalized spacial score (nSPS) is 13.7. The van der Waals surface area contributed by atoms with Gasteiger partial charge in [-0.15, -0.1) is 0 Å². The summed E-state index contributed by atoms with van der Waals surface area (Å²) >= 11 is 0. The van der Waals surface area contributed by atoms with Crippen molar-refractivity contribution >= 4 is 16.8 Å². The second-order valence-corrected chi connectivity index (χ2v) is 5.78. The van der Waals surface area contributed by atoms with Crippen molar-refractivity contribution in [2.45, 2.75) is 25.5 Å². The number of hydrogen-bond acceptors (Lipinski definition) is 2. The van der Waals surface area contributed by atoms with Crippen LogP contribution in [-0.4, -0.2) is 22.0 Å². The SMILES string of the molecule is C[C@H](C[C@@H](O)c1ccccc1)NC(=O)c1cccc2cc[nH]c12. The molecule has 0 aliphatic heterocycles. The lowest BCUT2D eigenvalue weighted by Crippen LogP contribution is -2.33. The van der Waals surface area contributed by atoms with Crippen LogP contribution in [0.1, 0.15) is 35.4 Å². The summed E-state index contributed by atoms with van der Waals surface area (Å²) in [6.45, 7) is 1.90. The summed E-state index contributed by atoms with van der Waals surface area (Å²) in [7, 11) is 0. The van der Waals surface area contributed by atoms with Gasteiger partial charge >= 0.3 is 0 Å². The van der Waals surface area contributed by atoms with E-state index in [9.17, 15) is 9.90 Å². The molecule has 3 aromatic rings. The van der Waals surface area contributed by atoms with Gasteiger partial charge in [0, 0.05) is 17.6 Å². The van der Waals surface area contributed by atoms with Crippen LogP contribution < -0.4 is 5.32 Å². The van der Waals surface area contributed by atoms with Gasteiger partial charge in [0.15, 0.2) is 0 Å². The molecule has 0 bridgehead atoms. The molecule has 2 atom stereocenters. The van der Waals surface area contributed by atoms with Gasteiger partial charge in [0.1, 0.15) is 0 Å². The van der Waals surface area contributed by atoms with E-state index in [2.05, 4.69) is 10.3 Å². The third-order valence-corrected chi connectivity index (χ3v) is 3.97. The van der Waals surface area contributed by atoms with Crippen LogP contribution in [0.25, 0.3) is 10.9 Å². The summed E-state index contributed by atoms with van der Waals surface area (Å²) in [4.78, 5) is 15.6. The van der Waals surface area contributed by atoms with Crippen molar-refractivity contribution in [3.8, 4) is 0 Å². The predicted molar refractivity (Wildman–Crippen MR) is 91.2 cm³/mol. The minimum Gasteiger partial charge on any atom is -0.388 e. The third kappa shape index (κ3) is 3.43. The summed E-state index contributed by atoms with van der Waals surface area (Å²) in [5.74, 6) is -0.134. The van der Waals surface area contributed by atoms with Crippen molar-refractivity contribution in [3.05, 3.63) is 71.9 Å². The van der Waals surface area contributed by atoms with Gasteiger partial charge in [-0.2, -0.15) is 0 Å². The number of aromatic nitrogens is 1. The Kier molecular flexibility index (Phi) is 4.44. The number of nitrogens with one attached hydrogen (secondary N) is 2.